The summed E-state index contributed by atoms with van der Waals surface area (Å²) in [5.74, 6) is 1.38. The second-order valence-electron chi connectivity index (χ2n) is 4.39. The number of nitrogens with one attached hydrogen (secondary N) is 1. The summed E-state index contributed by atoms with van der Waals surface area (Å²) < 4.78 is 10.3. The standard InChI is InChI=1S/C14H17NO4S/c1-9-3-4-11(19-9)12-5-6-13(20-12)14(17)15-7-10(16)8-18-2/h3-6,10,16H,7-8H2,1-2H3,(H,15,17). The minimum atomic E-state index is -0.698. The first kappa shape index (κ1) is 14.8. The highest BCUT2D eigenvalue weighted by Crippen LogP contribution is 2.29. The van der Waals surface area contributed by atoms with Gasteiger partial charge in [-0.05, 0) is 31.2 Å². The summed E-state index contributed by atoms with van der Waals surface area (Å²) in [7, 11) is 1.50. The number of rotatable bonds is 6. The molecule has 0 fully saturated rings. The molecule has 0 aliphatic carbocycles. The van der Waals surface area contributed by atoms with Crippen LogP contribution in [0.5, 0.6) is 0 Å². The number of aryl methyl sites for hydroxylation is 1. The number of methoxy groups -OCH3 is 1. The van der Waals surface area contributed by atoms with E-state index in [-0.39, 0.29) is 19.1 Å². The monoisotopic (exact) mass is 295 g/mol. The molecule has 0 saturated heterocycles. The Balaban J connectivity index is 1.96. The third kappa shape index (κ3) is 3.69. The maximum atomic E-state index is 11.9. The average Bonchev–Trinajstić information content (AvgIpc) is 3.04. The third-order valence-corrected chi connectivity index (χ3v) is 3.77. The predicted molar refractivity (Wildman–Crippen MR) is 77.0 cm³/mol. The van der Waals surface area contributed by atoms with E-state index in [4.69, 9.17) is 9.15 Å². The molecular weight excluding hydrogens is 278 g/mol. The van der Waals surface area contributed by atoms with Gasteiger partial charge in [-0.1, -0.05) is 0 Å². The van der Waals surface area contributed by atoms with Gasteiger partial charge in [-0.3, -0.25) is 4.79 Å². The van der Waals surface area contributed by atoms with Crippen LogP contribution in [0.1, 0.15) is 15.4 Å². The van der Waals surface area contributed by atoms with Crippen LogP contribution in [0.25, 0.3) is 10.6 Å². The van der Waals surface area contributed by atoms with Crippen LogP contribution in [0, 0.1) is 6.92 Å². The molecule has 5 nitrogen and oxygen atoms in total. The number of aliphatic hydroxyl groups excluding tert-OH is 1. The molecule has 0 aliphatic rings. The summed E-state index contributed by atoms with van der Waals surface area (Å²) in [4.78, 5) is 13.4. The zero-order valence-electron chi connectivity index (χ0n) is 11.4. The van der Waals surface area contributed by atoms with Crippen molar-refractivity contribution < 1.29 is 19.1 Å². The van der Waals surface area contributed by atoms with Crippen LogP contribution in [-0.4, -0.2) is 37.4 Å². The molecule has 2 rings (SSSR count). The van der Waals surface area contributed by atoms with Gasteiger partial charge < -0.3 is 19.6 Å². The maximum Gasteiger partial charge on any atom is 0.261 e. The largest absolute Gasteiger partial charge is 0.461 e. The van der Waals surface area contributed by atoms with Gasteiger partial charge in [0, 0.05) is 13.7 Å². The van der Waals surface area contributed by atoms with Crippen LogP contribution < -0.4 is 5.32 Å². The van der Waals surface area contributed by atoms with Gasteiger partial charge >= 0.3 is 0 Å². The summed E-state index contributed by atoms with van der Waals surface area (Å²) in [6.07, 6.45) is -0.698. The van der Waals surface area contributed by atoms with E-state index in [2.05, 4.69) is 5.32 Å². The molecule has 1 amide bonds. The quantitative estimate of drug-likeness (QED) is 0.855. The Morgan fingerprint density at radius 2 is 2.25 bits per heavy atom. The lowest BCUT2D eigenvalue weighted by molar-refractivity contribution is 0.0611. The van der Waals surface area contributed by atoms with Gasteiger partial charge in [0.1, 0.15) is 11.5 Å². The van der Waals surface area contributed by atoms with E-state index in [0.717, 1.165) is 16.4 Å². The maximum absolute atomic E-state index is 11.9. The van der Waals surface area contributed by atoms with Crippen molar-refractivity contribution in [3.8, 4) is 10.6 Å². The molecule has 0 radical (unpaired) electrons. The van der Waals surface area contributed by atoms with Crippen molar-refractivity contribution in [2.45, 2.75) is 13.0 Å². The summed E-state index contributed by atoms with van der Waals surface area (Å²) in [6, 6.07) is 7.36. The van der Waals surface area contributed by atoms with E-state index < -0.39 is 6.10 Å². The first-order chi connectivity index (χ1) is 9.60. The van der Waals surface area contributed by atoms with Crippen LogP contribution >= 0.6 is 11.3 Å². The Morgan fingerprint density at radius 1 is 1.45 bits per heavy atom. The van der Waals surface area contributed by atoms with Gasteiger partial charge in [0.2, 0.25) is 0 Å². The summed E-state index contributed by atoms with van der Waals surface area (Å²) in [5, 5.41) is 12.1. The highest BCUT2D eigenvalue weighted by atomic mass is 32.1. The van der Waals surface area contributed by atoms with E-state index in [0.29, 0.717) is 4.88 Å². The lowest BCUT2D eigenvalue weighted by atomic mass is 10.3. The van der Waals surface area contributed by atoms with Crippen molar-refractivity contribution in [2.75, 3.05) is 20.3 Å². The topological polar surface area (TPSA) is 71.7 Å². The molecule has 6 heteroatoms. The van der Waals surface area contributed by atoms with Crippen LogP contribution in [-0.2, 0) is 4.74 Å². The van der Waals surface area contributed by atoms with Crippen molar-refractivity contribution >= 4 is 17.2 Å². The number of amides is 1. The van der Waals surface area contributed by atoms with Crippen molar-refractivity contribution in [1.82, 2.24) is 5.32 Å². The van der Waals surface area contributed by atoms with E-state index in [1.54, 1.807) is 6.07 Å². The van der Waals surface area contributed by atoms with Gasteiger partial charge in [0.15, 0.2) is 0 Å². The SMILES string of the molecule is COCC(O)CNC(=O)c1ccc(-c2ccc(C)o2)s1. The van der Waals surface area contributed by atoms with Crippen LogP contribution in [0.4, 0.5) is 0 Å². The smallest absolute Gasteiger partial charge is 0.261 e. The highest BCUT2D eigenvalue weighted by Gasteiger charge is 2.13. The normalized spacial score (nSPS) is 12.3. The minimum absolute atomic E-state index is 0.166. The number of carbonyl (C=O) groups is 1. The predicted octanol–water partition coefficient (Wildman–Crippen LogP) is 2.05. The minimum Gasteiger partial charge on any atom is -0.461 e. The Hall–Kier alpha value is -1.63. The summed E-state index contributed by atoms with van der Waals surface area (Å²) in [5.41, 5.74) is 0. The Kier molecular flexibility index (Phi) is 4.94. The van der Waals surface area contributed by atoms with Gasteiger partial charge in [-0.2, -0.15) is 0 Å². The Labute approximate surface area is 121 Å². The number of hydrogen-bond acceptors (Lipinski definition) is 5. The van der Waals surface area contributed by atoms with E-state index in [1.807, 2.05) is 25.1 Å². The molecule has 2 aromatic heterocycles. The van der Waals surface area contributed by atoms with E-state index >= 15 is 0 Å². The van der Waals surface area contributed by atoms with Crippen LogP contribution in [0.3, 0.4) is 0 Å². The van der Waals surface area contributed by atoms with Gasteiger partial charge in [0.05, 0.1) is 22.5 Å². The molecule has 2 heterocycles. The van der Waals surface area contributed by atoms with E-state index in [1.165, 1.54) is 18.4 Å². The van der Waals surface area contributed by atoms with Gasteiger partial charge in [-0.15, -0.1) is 11.3 Å². The molecule has 2 aromatic rings. The fraction of sp³-hybridized carbons (Fsp3) is 0.357. The highest BCUT2D eigenvalue weighted by molar-refractivity contribution is 7.17. The second-order valence-corrected chi connectivity index (χ2v) is 5.48. The fourth-order valence-corrected chi connectivity index (χ4v) is 2.59. The molecule has 0 spiro atoms. The van der Waals surface area contributed by atoms with Crippen molar-refractivity contribution in [3.05, 3.63) is 34.9 Å². The molecule has 1 unspecified atom stereocenters. The molecule has 1 atom stereocenters. The van der Waals surface area contributed by atoms with Crippen LogP contribution in [0.15, 0.2) is 28.7 Å². The van der Waals surface area contributed by atoms with Gasteiger partial charge in [-0.25, -0.2) is 0 Å². The molecule has 0 bridgehead atoms. The Bertz CT molecular complexity index is 575. The molecule has 2 N–H and O–H groups in total. The van der Waals surface area contributed by atoms with Crippen molar-refractivity contribution in [2.24, 2.45) is 0 Å². The summed E-state index contributed by atoms with van der Waals surface area (Å²) >= 11 is 1.35. The third-order valence-electron chi connectivity index (χ3n) is 2.67. The fourth-order valence-electron chi connectivity index (χ4n) is 1.71. The lowest BCUT2D eigenvalue weighted by Crippen LogP contribution is -2.33. The second kappa shape index (κ2) is 6.69. The van der Waals surface area contributed by atoms with Gasteiger partial charge in [0.25, 0.3) is 5.91 Å². The zero-order chi connectivity index (χ0) is 14.5. The number of carbonyl (C=O) groups excluding carboxylic acids is 1. The Morgan fingerprint density at radius 3 is 2.90 bits per heavy atom. The van der Waals surface area contributed by atoms with E-state index in [9.17, 15) is 9.90 Å². The zero-order valence-corrected chi connectivity index (χ0v) is 12.2. The molecule has 108 valence electrons. The lowest BCUT2D eigenvalue weighted by Gasteiger charge is -2.09. The summed E-state index contributed by atoms with van der Waals surface area (Å²) in [6.45, 7) is 2.24. The molecule has 0 aromatic carbocycles. The molecule has 20 heavy (non-hydrogen) atoms. The first-order valence-electron chi connectivity index (χ1n) is 6.22. The number of aliphatic hydroxyl groups is 1. The number of hydrogen-bond donors (Lipinski definition) is 2. The molecule has 0 saturated carbocycles. The van der Waals surface area contributed by atoms with Crippen LogP contribution in [0.2, 0.25) is 0 Å². The van der Waals surface area contributed by atoms with Crippen molar-refractivity contribution in [3.63, 3.8) is 0 Å². The number of thiophene rings is 1. The number of furan rings is 1. The average molecular weight is 295 g/mol. The van der Waals surface area contributed by atoms with Crippen molar-refractivity contribution in [1.29, 1.82) is 0 Å². The molecular formula is C14H17NO4S. The number of ether oxygens (including phenoxy) is 1. The first-order valence-corrected chi connectivity index (χ1v) is 7.03. The molecule has 0 aliphatic heterocycles.